The fraction of sp³-hybridized carbons (Fsp3) is 0.429. The third kappa shape index (κ3) is 3.45. The highest BCUT2D eigenvalue weighted by Gasteiger charge is 2.21. The molecule has 1 aliphatic carbocycles. The Morgan fingerprint density at radius 3 is 2.52 bits per heavy atom. The predicted octanol–water partition coefficient (Wildman–Crippen LogP) is 3.34. The van der Waals surface area contributed by atoms with E-state index in [-0.39, 0.29) is 13.2 Å². The van der Waals surface area contributed by atoms with Gasteiger partial charge in [-0.25, -0.2) is 9.97 Å². The SMILES string of the molecule is Cc1sc2ncnc(N(CCO)CCO)c2c1-c1ccc2c(c1)CCCC2. The summed E-state index contributed by atoms with van der Waals surface area (Å²) >= 11 is 1.68. The molecule has 0 aliphatic heterocycles. The van der Waals surface area contributed by atoms with Crippen molar-refractivity contribution < 1.29 is 10.2 Å². The molecule has 0 fully saturated rings. The Labute approximate surface area is 163 Å². The highest BCUT2D eigenvalue weighted by Crippen LogP contribution is 2.42. The zero-order valence-corrected chi connectivity index (χ0v) is 16.4. The standard InChI is InChI=1S/C21H25N3O2S/c1-14-18(17-7-6-15-4-2-3-5-16(15)12-17)19-20(22-13-23-21(19)27-14)24(8-10-25)9-11-26/h6-7,12-13,25-26H,2-5,8-11H2,1H3. The van der Waals surface area contributed by atoms with Gasteiger partial charge in [0.15, 0.2) is 0 Å². The van der Waals surface area contributed by atoms with Crippen LogP contribution in [0.3, 0.4) is 0 Å². The first-order valence-corrected chi connectivity index (χ1v) is 10.4. The monoisotopic (exact) mass is 383 g/mol. The van der Waals surface area contributed by atoms with Gasteiger partial charge in [-0.3, -0.25) is 0 Å². The normalized spacial score (nSPS) is 13.7. The molecule has 1 aliphatic rings. The fourth-order valence-electron chi connectivity index (χ4n) is 4.07. The predicted molar refractivity (Wildman–Crippen MR) is 111 cm³/mol. The lowest BCUT2D eigenvalue weighted by Gasteiger charge is -2.23. The van der Waals surface area contributed by atoms with Crippen molar-refractivity contribution in [1.82, 2.24) is 9.97 Å². The number of aliphatic hydroxyl groups is 2. The maximum Gasteiger partial charge on any atom is 0.141 e. The van der Waals surface area contributed by atoms with Crippen molar-refractivity contribution in [1.29, 1.82) is 0 Å². The van der Waals surface area contributed by atoms with E-state index in [1.807, 2.05) is 4.90 Å². The van der Waals surface area contributed by atoms with Crippen molar-refractivity contribution >= 4 is 27.4 Å². The molecule has 5 nitrogen and oxygen atoms in total. The van der Waals surface area contributed by atoms with Gasteiger partial charge < -0.3 is 15.1 Å². The number of nitrogens with zero attached hydrogens (tertiary/aromatic N) is 3. The van der Waals surface area contributed by atoms with E-state index in [1.165, 1.54) is 46.4 Å². The molecule has 27 heavy (non-hydrogen) atoms. The summed E-state index contributed by atoms with van der Waals surface area (Å²) in [7, 11) is 0. The number of benzene rings is 1. The molecule has 0 saturated carbocycles. The summed E-state index contributed by atoms with van der Waals surface area (Å²) in [6.07, 6.45) is 6.44. The van der Waals surface area contributed by atoms with Gasteiger partial charge in [-0.2, -0.15) is 0 Å². The molecule has 0 unspecified atom stereocenters. The van der Waals surface area contributed by atoms with E-state index in [1.54, 1.807) is 17.7 Å². The molecule has 0 spiro atoms. The number of hydrogen-bond donors (Lipinski definition) is 2. The van der Waals surface area contributed by atoms with Crippen LogP contribution in [0.5, 0.6) is 0 Å². The molecule has 2 heterocycles. The molecular formula is C21H25N3O2S. The van der Waals surface area contributed by atoms with Crippen molar-refractivity contribution in [2.75, 3.05) is 31.2 Å². The number of fused-ring (bicyclic) bond motifs is 2. The van der Waals surface area contributed by atoms with Crippen LogP contribution < -0.4 is 4.90 Å². The van der Waals surface area contributed by atoms with E-state index >= 15 is 0 Å². The van der Waals surface area contributed by atoms with E-state index in [0.29, 0.717) is 13.1 Å². The van der Waals surface area contributed by atoms with Crippen LogP contribution in [0, 0.1) is 6.92 Å². The summed E-state index contributed by atoms with van der Waals surface area (Å²) < 4.78 is 0. The molecule has 0 saturated heterocycles. The Morgan fingerprint density at radius 2 is 1.78 bits per heavy atom. The summed E-state index contributed by atoms with van der Waals surface area (Å²) in [6.45, 7) is 3.04. The molecule has 0 radical (unpaired) electrons. The van der Waals surface area contributed by atoms with Gasteiger partial charge in [0.1, 0.15) is 17.0 Å². The lowest BCUT2D eigenvalue weighted by atomic mass is 9.89. The summed E-state index contributed by atoms with van der Waals surface area (Å²) in [4.78, 5) is 13.1. The van der Waals surface area contributed by atoms with Gasteiger partial charge >= 0.3 is 0 Å². The highest BCUT2D eigenvalue weighted by atomic mass is 32.1. The molecule has 6 heteroatoms. The highest BCUT2D eigenvalue weighted by molar-refractivity contribution is 7.19. The van der Waals surface area contributed by atoms with E-state index in [9.17, 15) is 10.2 Å². The van der Waals surface area contributed by atoms with Gasteiger partial charge in [0.2, 0.25) is 0 Å². The molecular weight excluding hydrogens is 358 g/mol. The first kappa shape index (κ1) is 18.3. The molecule has 142 valence electrons. The van der Waals surface area contributed by atoms with Crippen molar-refractivity contribution in [2.24, 2.45) is 0 Å². The maximum absolute atomic E-state index is 9.46. The minimum atomic E-state index is 0.0167. The number of anilines is 1. The van der Waals surface area contributed by atoms with Crippen LogP contribution >= 0.6 is 11.3 Å². The topological polar surface area (TPSA) is 69.5 Å². The van der Waals surface area contributed by atoms with Crippen molar-refractivity contribution in [2.45, 2.75) is 32.6 Å². The molecule has 2 aromatic heterocycles. The number of rotatable bonds is 6. The van der Waals surface area contributed by atoms with Crippen LogP contribution in [0.1, 0.15) is 28.8 Å². The number of aromatic nitrogens is 2. The Hall–Kier alpha value is -2.02. The summed E-state index contributed by atoms with van der Waals surface area (Å²) in [5.74, 6) is 0.792. The third-order valence-corrected chi connectivity index (χ3v) is 6.33. The van der Waals surface area contributed by atoms with Crippen LogP contribution in [0.25, 0.3) is 21.3 Å². The van der Waals surface area contributed by atoms with Crippen LogP contribution in [0.4, 0.5) is 5.82 Å². The number of hydrogen-bond acceptors (Lipinski definition) is 6. The smallest absolute Gasteiger partial charge is 0.141 e. The zero-order chi connectivity index (χ0) is 18.8. The summed E-state index contributed by atoms with van der Waals surface area (Å²) in [5, 5.41) is 19.9. The molecule has 0 bridgehead atoms. The minimum Gasteiger partial charge on any atom is -0.395 e. The summed E-state index contributed by atoms with van der Waals surface area (Å²) in [5.41, 5.74) is 5.32. The second-order valence-corrected chi connectivity index (χ2v) is 8.24. The van der Waals surface area contributed by atoms with E-state index in [2.05, 4.69) is 35.1 Å². The van der Waals surface area contributed by atoms with Crippen molar-refractivity contribution in [3.8, 4) is 11.1 Å². The van der Waals surface area contributed by atoms with Crippen LogP contribution in [-0.2, 0) is 12.8 Å². The van der Waals surface area contributed by atoms with Crippen molar-refractivity contribution in [3.63, 3.8) is 0 Å². The Balaban J connectivity index is 1.89. The zero-order valence-electron chi connectivity index (χ0n) is 15.6. The van der Waals surface area contributed by atoms with E-state index < -0.39 is 0 Å². The van der Waals surface area contributed by atoms with E-state index in [0.717, 1.165) is 22.5 Å². The lowest BCUT2D eigenvalue weighted by molar-refractivity contribution is 0.281. The molecule has 4 rings (SSSR count). The van der Waals surface area contributed by atoms with E-state index in [4.69, 9.17) is 0 Å². The Morgan fingerprint density at radius 1 is 1.04 bits per heavy atom. The van der Waals surface area contributed by atoms with Crippen molar-refractivity contribution in [3.05, 3.63) is 40.5 Å². The fourth-order valence-corrected chi connectivity index (χ4v) is 5.08. The molecule has 0 atom stereocenters. The summed E-state index contributed by atoms with van der Waals surface area (Å²) in [6, 6.07) is 6.83. The number of aliphatic hydroxyl groups excluding tert-OH is 2. The van der Waals surface area contributed by atoms with Gasteiger partial charge in [0.25, 0.3) is 0 Å². The van der Waals surface area contributed by atoms with Crippen LogP contribution in [0.15, 0.2) is 24.5 Å². The first-order chi connectivity index (χ1) is 13.2. The molecule has 2 N–H and O–H groups in total. The van der Waals surface area contributed by atoms with Gasteiger partial charge in [0, 0.05) is 23.5 Å². The minimum absolute atomic E-state index is 0.0167. The molecule has 0 amide bonds. The Kier molecular flexibility index (Phi) is 5.38. The van der Waals surface area contributed by atoms with Gasteiger partial charge in [-0.15, -0.1) is 11.3 Å². The number of aryl methyl sites for hydroxylation is 3. The number of thiophene rings is 1. The maximum atomic E-state index is 9.46. The lowest BCUT2D eigenvalue weighted by Crippen LogP contribution is -2.30. The molecule has 1 aromatic carbocycles. The second kappa shape index (κ2) is 7.92. The Bertz CT molecular complexity index is 948. The average molecular weight is 384 g/mol. The largest absolute Gasteiger partial charge is 0.395 e. The second-order valence-electron chi connectivity index (χ2n) is 7.04. The first-order valence-electron chi connectivity index (χ1n) is 9.56. The van der Waals surface area contributed by atoms with Crippen LogP contribution in [-0.4, -0.2) is 46.5 Å². The average Bonchev–Trinajstić information content (AvgIpc) is 3.03. The van der Waals surface area contributed by atoms with Gasteiger partial charge in [-0.05, 0) is 49.3 Å². The molecule has 3 aromatic rings. The quantitative estimate of drug-likeness (QED) is 0.683. The third-order valence-electron chi connectivity index (χ3n) is 5.32. The van der Waals surface area contributed by atoms with Gasteiger partial charge in [-0.1, -0.05) is 18.2 Å². The van der Waals surface area contributed by atoms with Gasteiger partial charge in [0.05, 0.1) is 18.6 Å². The van der Waals surface area contributed by atoms with Crippen LogP contribution in [0.2, 0.25) is 0 Å².